The van der Waals surface area contributed by atoms with Gasteiger partial charge in [0.25, 0.3) is 0 Å². The number of nitriles is 1. The molecule has 1 aromatic carbocycles. The molecular formula is C16H20ClN3. The molecule has 2 fully saturated rings. The summed E-state index contributed by atoms with van der Waals surface area (Å²) < 4.78 is 0. The molecule has 0 amide bonds. The summed E-state index contributed by atoms with van der Waals surface area (Å²) in [5, 5.41) is 13.0. The minimum Gasteiger partial charge on any atom is -0.382 e. The third-order valence-corrected chi connectivity index (χ3v) is 5.11. The van der Waals surface area contributed by atoms with Crippen LogP contribution in [-0.4, -0.2) is 30.1 Å². The molecule has 2 aliphatic rings. The number of hydrogen-bond acceptors (Lipinski definition) is 3. The van der Waals surface area contributed by atoms with Crippen molar-refractivity contribution in [3.05, 3.63) is 28.8 Å². The highest BCUT2D eigenvalue weighted by molar-refractivity contribution is 6.32. The molecule has 0 aliphatic carbocycles. The van der Waals surface area contributed by atoms with E-state index >= 15 is 0 Å². The molecule has 0 aromatic heterocycles. The number of nitrogens with zero attached hydrogens (tertiary/aromatic N) is 2. The monoisotopic (exact) mass is 289 g/mol. The third-order valence-electron chi connectivity index (χ3n) is 4.80. The Hall–Kier alpha value is -1.24. The molecule has 20 heavy (non-hydrogen) atoms. The van der Waals surface area contributed by atoms with Crippen molar-refractivity contribution >= 4 is 17.3 Å². The van der Waals surface area contributed by atoms with E-state index in [-0.39, 0.29) is 0 Å². The van der Waals surface area contributed by atoms with E-state index in [2.05, 4.69) is 23.3 Å². The lowest BCUT2D eigenvalue weighted by Crippen LogP contribution is -2.52. The first kappa shape index (κ1) is 13.7. The summed E-state index contributed by atoms with van der Waals surface area (Å²) in [6.45, 7) is 0. The van der Waals surface area contributed by atoms with Crippen molar-refractivity contribution in [1.29, 1.82) is 5.26 Å². The molecule has 2 bridgehead atoms. The van der Waals surface area contributed by atoms with Crippen molar-refractivity contribution in [1.82, 2.24) is 4.90 Å². The molecule has 1 aromatic rings. The van der Waals surface area contributed by atoms with Crippen LogP contribution in [0.1, 0.15) is 37.7 Å². The Kier molecular flexibility index (Phi) is 3.87. The van der Waals surface area contributed by atoms with Gasteiger partial charge in [-0.05, 0) is 50.9 Å². The van der Waals surface area contributed by atoms with E-state index in [9.17, 15) is 0 Å². The molecule has 3 rings (SSSR count). The average Bonchev–Trinajstić information content (AvgIpc) is 2.40. The zero-order chi connectivity index (χ0) is 14.1. The summed E-state index contributed by atoms with van der Waals surface area (Å²) >= 11 is 6.10. The SMILES string of the molecule is CN1C2CCCC1CC(Nc1ccc(C#N)c(Cl)c1)C2. The molecule has 0 spiro atoms. The van der Waals surface area contributed by atoms with Gasteiger partial charge in [0.05, 0.1) is 10.6 Å². The molecule has 4 heteroatoms. The van der Waals surface area contributed by atoms with Crippen LogP contribution < -0.4 is 5.32 Å². The van der Waals surface area contributed by atoms with Crippen molar-refractivity contribution in [2.24, 2.45) is 0 Å². The lowest BCUT2D eigenvalue weighted by atomic mass is 9.82. The molecule has 3 nitrogen and oxygen atoms in total. The molecule has 2 atom stereocenters. The predicted octanol–water partition coefficient (Wildman–Crippen LogP) is 3.64. The van der Waals surface area contributed by atoms with Crippen LogP contribution in [0.4, 0.5) is 5.69 Å². The summed E-state index contributed by atoms with van der Waals surface area (Å²) in [5.74, 6) is 0. The Balaban J connectivity index is 1.70. The van der Waals surface area contributed by atoms with Gasteiger partial charge < -0.3 is 10.2 Å². The molecule has 2 unspecified atom stereocenters. The fourth-order valence-electron chi connectivity index (χ4n) is 3.66. The van der Waals surface area contributed by atoms with E-state index in [1.807, 2.05) is 12.1 Å². The van der Waals surface area contributed by atoms with Crippen LogP contribution in [0, 0.1) is 11.3 Å². The maximum Gasteiger partial charge on any atom is 0.101 e. The number of benzene rings is 1. The Morgan fingerprint density at radius 2 is 2.00 bits per heavy atom. The number of hydrogen-bond donors (Lipinski definition) is 1. The van der Waals surface area contributed by atoms with Crippen molar-refractivity contribution in [3.63, 3.8) is 0 Å². The van der Waals surface area contributed by atoms with Gasteiger partial charge >= 0.3 is 0 Å². The Morgan fingerprint density at radius 3 is 2.60 bits per heavy atom. The summed E-state index contributed by atoms with van der Waals surface area (Å²) in [6.07, 6.45) is 6.41. The second kappa shape index (κ2) is 5.63. The van der Waals surface area contributed by atoms with Crippen LogP contribution >= 0.6 is 11.6 Å². The smallest absolute Gasteiger partial charge is 0.101 e. The van der Waals surface area contributed by atoms with E-state index in [0.717, 1.165) is 5.69 Å². The summed E-state index contributed by atoms with van der Waals surface area (Å²) in [6, 6.07) is 9.67. The largest absolute Gasteiger partial charge is 0.382 e. The second-order valence-electron chi connectivity index (χ2n) is 6.02. The zero-order valence-electron chi connectivity index (χ0n) is 11.8. The standard InChI is InChI=1S/C16H20ClN3/c1-20-14-3-2-4-15(20)8-13(7-14)19-12-6-5-11(10-18)16(17)9-12/h5-6,9,13-15,19H,2-4,7-8H2,1H3. The van der Waals surface area contributed by atoms with Gasteiger partial charge in [-0.2, -0.15) is 5.26 Å². The zero-order valence-corrected chi connectivity index (χ0v) is 12.5. The molecule has 0 saturated carbocycles. The van der Waals surface area contributed by atoms with Crippen molar-refractivity contribution in [3.8, 4) is 6.07 Å². The van der Waals surface area contributed by atoms with Gasteiger partial charge in [0.1, 0.15) is 6.07 Å². The van der Waals surface area contributed by atoms with Crippen molar-refractivity contribution < 1.29 is 0 Å². The Morgan fingerprint density at radius 1 is 1.30 bits per heavy atom. The van der Waals surface area contributed by atoms with E-state index in [0.29, 0.717) is 28.7 Å². The number of rotatable bonds is 2. The third kappa shape index (κ3) is 2.63. The first-order valence-electron chi connectivity index (χ1n) is 7.35. The van der Waals surface area contributed by atoms with Crippen LogP contribution in [0.25, 0.3) is 0 Å². The molecule has 2 aliphatic heterocycles. The molecule has 106 valence electrons. The maximum atomic E-state index is 8.91. The van der Waals surface area contributed by atoms with Gasteiger partial charge in [-0.15, -0.1) is 0 Å². The number of nitrogens with one attached hydrogen (secondary N) is 1. The summed E-state index contributed by atoms with van der Waals surface area (Å²) in [5.41, 5.74) is 1.57. The molecule has 2 heterocycles. The highest BCUT2D eigenvalue weighted by atomic mass is 35.5. The maximum absolute atomic E-state index is 8.91. The number of fused-ring (bicyclic) bond motifs is 2. The van der Waals surface area contributed by atoms with Gasteiger partial charge in [-0.3, -0.25) is 0 Å². The topological polar surface area (TPSA) is 39.1 Å². The van der Waals surface area contributed by atoms with Crippen LogP contribution in [0.3, 0.4) is 0 Å². The van der Waals surface area contributed by atoms with Crippen LogP contribution in [0.2, 0.25) is 5.02 Å². The number of piperidine rings is 2. The van der Waals surface area contributed by atoms with Crippen molar-refractivity contribution in [2.45, 2.75) is 50.2 Å². The number of halogens is 1. The fraction of sp³-hybridized carbons (Fsp3) is 0.562. The Labute approximate surface area is 125 Å². The first-order valence-corrected chi connectivity index (χ1v) is 7.73. The lowest BCUT2D eigenvalue weighted by molar-refractivity contribution is 0.0608. The minimum absolute atomic E-state index is 0.519. The fourth-order valence-corrected chi connectivity index (χ4v) is 3.89. The molecular weight excluding hydrogens is 270 g/mol. The minimum atomic E-state index is 0.519. The predicted molar refractivity (Wildman–Crippen MR) is 82.0 cm³/mol. The van der Waals surface area contributed by atoms with E-state index in [1.54, 1.807) is 6.07 Å². The van der Waals surface area contributed by atoms with Crippen LogP contribution in [-0.2, 0) is 0 Å². The molecule has 0 radical (unpaired) electrons. The average molecular weight is 290 g/mol. The van der Waals surface area contributed by atoms with Gasteiger partial charge in [-0.25, -0.2) is 0 Å². The highest BCUT2D eigenvalue weighted by Crippen LogP contribution is 2.34. The summed E-state index contributed by atoms with van der Waals surface area (Å²) in [7, 11) is 2.27. The van der Waals surface area contributed by atoms with Crippen molar-refractivity contribution in [2.75, 3.05) is 12.4 Å². The van der Waals surface area contributed by atoms with Gasteiger partial charge in [0, 0.05) is 23.8 Å². The van der Waals surface area contributed by atoms with Gasteiger partial charge in [0.15, 0.2) is 0 Å². The van der Waals surface area contributed by atoms with E-state index in [1.165, 1.54) is 32.1 Å². The Bertz CT molecular complexity index is 523. The quantitative estimate of drug-likeness (QED) is 0.903. The molecule has 1 N–H and O–H groups in total. The van der Waals surface area contributed by atoms with E-state index < -0.39 is 0 Å². The highest BCUT2D eigenvalue weighted by Gasteiger charge is 2.35. The van der Waals surface area contributed by atoms with Crippen LogP contribution in [0.5, 0.6) is 0 Å². The lowest BCUT2D eigenvalue weighted by Gasteiger charge is -2.47. The molecule has 2 saturated heterocycles. The second-order valence-corrected chi connectivity index (χ2v) is 6.43. The van der Waals surface area contributed by atoms with Crippen LogP contribution in [0.15, 0.2) is 18.2 Å². The first-order chi connectivity index (χ1) is 9.67. The van der Waals surface area contributed by atoms with Gasteiger partial charge in [0.2, 0.25) is 0 Å². The normalized spacial score (nSPS) is 29.8. The van der Waals surface area contributed by atoms with E-state index in [4.69, 9.17) is 16.9 Å². The number of anilines is 1. The van der Waals surface area contributed by atoms with Gasteiger partial charge in [-0.1, -0.05) is 18.0 Å². The summed E-state index contributed by atoms with van der Waals surface area (Å²) in [4.78, 5) is 2.56.